The van der Waals surface area contributed by atoms with Gasteiger partial charge in [-0.05, 0) is 64.5 Å². The van der Waals surface area contributed by atoms with E-state index in [9.17, 15) is 4.79 Å². The minimum Gasteiger partial charge on any atom is -0.496 e. The number of benzene rings is 3. The van der Waals surface area contributed by atoms with Gasteiger partial charge in [-0.25, -0.2) is 4.68 Å². The van der Waals surface area contributed by atoms with Crippen molar-refractivity contribution in [2.75, 3.05) is 7.11 Å². The third kappa shape index (κ3) is 4.52. The van der Waals surface area contributed by atoms with Gasteiger partial charge in [0.2, 0.25) is 4.96 Å². The van der Waals surface area contributed by atoms with Gasteiger partial charge in [0.1, 0.15) is 11.4 Å². The van der Waals surface area contributed by atoms with Gasteiger partial charge in [0.25, 0.3) is 5.56 Å². The Labute approximate surface area is 231 Å². The molecule has 0 radical (unpaired) electrons. The molecule has 0 spiro atoms. The van der Waals surface area contributed by atoms with Crippen LogP contribution >= 0.6 is 43.2 Å². The fourth-order valence-corrected chi connectivity index (χ4v) is 5.64. The second-order valence-electron chi connectivity index (χ2n) is 8.11. The number of hydrogen-bond acceptors (Lipinski definition) is 6. The lowest BCUT2D eigenvalue weighted by Gasteiger charge is -2.05. The summed E-state index contributed by atoms with van der Waals surface area (Å²) in [6.07, 6.45) is 3.77. The van der Waals surface area contributed by atoms with Crippen LogP contribution in [0.1, 0.15) is 5.56 Å². The van der Waals surface area contributed by atoms with Gasteiger partial charge in [-0.3, -0.25) is 4.79 Å². The van der Waals surface area contributed by atoms with Crippen LogP contribution < -0.4 is 14.8 Å². The first-order valence-corrected chi connectivity index (χ1v) is 13.6. The molecular weight excluding hydrogens is 618 g/mol. The van der Waals surface area contributed by atoms with E-state index in [-0.39, 0.29) is 5.56 Å². The zero-order valence-electron chi connectivity index (χ0n) is 19.3. The maximum atomic E-state index is 13.3. The Kier molecular flexibility index (Phi) is 6.23. The van der Waals surface area contributed by atoms with E-state index in [1.807, 2.05) is 89.8 Å². The van der Waals surface area contributed by atoms with Crippen molar-refractivity contribution in [1.82, 2.24) is 24.4 Å². The van der Waals surface area contributed by atoms with Gasteiger partial charge < -0.3 is 4.74 Å². The maximum absolute atomic E-state index is 13.3. The van der Waals surface area contributed by atoms with Crippen LogP contribution in [0, 0.1) is 0 Å². The van der Waals surface area contributed by atoms with Crippen LogP contribution in [-0.4, -0.2) is 31.5 Å². The number of halogens is 2. The first-order valence-electron chi connectivity index (χ1n) is 11.2. The third-order valence-corrected chi connectivity index (χ3v) is 7.87. The maximum Gasteiger partial charge on any atom is 0.291 e. The van der Waals surface area contributed by atoms with Gasteiger partial charge in [-0.15, -0.1) is 5.10 Å². The molecule has 0 bridgehead atoms. The summed E-state index contributed by atoms with van der Waals surface area (Å²) in [5.41, 5.74) is 3.97. The van der Waals surface area contributed by atoms with Crippen LogP contribution in [0.25, 0.3) is 39.4 Å². The van der Waals surface area contributed by atoms with Gasteiger partial charge in [0.05, 0.1) is 21.8 Å². The van der Waals surface area contributed by atoms with Crippen LogP contribution in [0.15, 0.2) is 92.7 Å². The first-order chi connectivity index (χ1) is 18.0. The molecule has 3 aromatic carbocycles. The lowest BCUT2D eigenvalue weighted by atomic mass is 10.1. The number of thiazole rings is 1. The second-order valence-corrected chi connectivity index (χ2v) is 10.9. The van der Waals surface area contributed by atoms with E-state index in [0.29, 0.717) is 15.3 Å². The number of methoxy groups -OCH3 is 1. The molecule has 6 rings (SSSR count). The average Bonchev–Trinajstić information content (AvgIpc) is 3.60. The van der Waals surface area contributed by atoms with Crippen molar-refractivity contribution in [2.45, 2.75) is 0 Å². The van der Waals surface area contributed by atoms with Crippen LogP contribution in [-0.2, 0) is 0 Å². The smallest absolute Gasteiger partial charge is 0.291 e. The molecule has 0 N–H and O–H groups in total. The van der Waals surface area contributed by atoms with E-state index in [0.717, 1.165) is 42.8 Å². The summed E-state index contributed by atoms with van der Waals surface area (Å²) in [7, 11) is 1.63. The summed E-state index contributed by atoms with van der Waals surface area (Å²) in [4.78, 5) is 18.4. The summed E-state index contributed by atoms with van der Waals surface area (Å²) in [6, 6.07) is 23.3. The quantitative estimate of drug-likeness (QED) is 0.241. The Morgan fingerprint density at radius 1 is 0.946 bits per heavy atom. The number of fused-ring (bicyclic) bond motifs is 1. The van der Waals surface area contributed by atoms with Crippen molar-refractivity contribution in [3.63, 3.8) is 0 Å². The molecule has 0 unspecified atom stereocenters. The van der Waals surface area contributed by atoms with Crippen molar-refractivity contribution < 1.29 is 4.74 Å². The molecule has 3 heterocycles. The lowest BCUT2D eigenvalue weighted by molar-refractivity contribution is 0.412. The molecule has 7 nitrogen and oxygen atoms in total. The summed E-state index contributed by atoms with van der Waals surface area (Å²) in [6.45, 7) is 0. The van der Waals surface area contributed by atoms with Gasteiger partial charge in [0, 0.05) is 27.4 Å². The molecule has 37 heavy (non-hydrogen) atoms. The van der Waals surface area contributed by atoms with Crippen molar-refractivity contribution in [1.29, 1.82) is 0 Å². The van der Waals surface area contributed by atoms with Gasteiger partial charge in [-0.2, -0.15) is 14.6 Å². The summed E-state index contributed by atoms with van der Waals surface area (Å²) in [5.74, 6) is 1.24. The van der Waals surface area contributed by atoms with Crippen molar-refractivity contribution in [2.24, 2.45) is 0 Å². The number of nitrogens with zero attached hydrogens (tertiary/aromatic N) is 5. The number of hydrogen-bond donors (Lipinski definition) is 0. The highest BCUT2D eigenvalue weighted by Crippen LogP contribution is 2.32. The topological polar surface area (TPSA) is 74.3 Å². The van der Waals surface area contributed by atoms with Crippen LogP contribution in [0.3, 0.4) is 0 Å². The molecule has 10 heteroatoms. The molecule has 0 aliphatic heterocycles. The van der Waals surface area contributed by atoms with Crippen LogP contribution in [0.2, 0.25) is 0 Å². The summed E-state index contributed by atoms with van der Waals surface area (Å²) < 4.78 is 10.9. The monoisotopic (exact) mass is 633 g/mol. The highest BCUT2D eigenvalue weighted by atomic mass is 79.9. The predicted octanol–water partition coefficient (Wildman–Crippen LogP) is 5.75. The Hall–Kier alpha value is -3.60. The largest absolute Gasteiger partial charge is 0.496 e. The Balaban J connectivity index is 1.48. The zero-order chi connectivity index (χ0) is 25.5. The summed E-state index contributed by atoms with van der Waals surface area (Å²) >= 11 is 8.30. The van der Waals surface area contributed by atoms with E-state index in [2.05, 4.69) is 41.9 Å². The summed E-state index contributed by atoms with van der Waals surface area (Å²) in [5, 5.41) is 9.33. The molecule has 182 valence electrons. The molecular formula is C27H17Br2N5O2S. The molecule has 3 aromatic heterocycles. The minimum atomic E-state index is -0.217. The number of aromatic nitrogens is 5. The van der Waals surface area contributed by atoms with E-state index in [1.165, 1.54) is 15.9 Å². The van der Waals surface area contributed by atoms with Crippen LogP contribution in [0.4, 0.5) is 0 Å². The Bertz CT molecular complexity index is 1860. The highest BCUT2D eigenvalue weighted by Gasteiger charge is 2.16. The zero-order valence-corrected chi connectivity index (χ0v) is 23.3. The van der Waals surface area contributed by atoms with Crippen molar-refractivity contribution in [3.05, 3.63) is 108 Å². The van der Waals surface area contributed by atoms with E-state index in [1.54, 1.807) is 7.11 Å². The molecule has 0 atom stereocenters. The SMILES string of the molecule is COc1ccc(-c2nn(-c3ccccc3)cc2C=c2sc3nc(-c4ccc(Br)cc4)nn3c2=O)cc1Br. The lowest BCUT2D eigenvalue weighted by Crippen LogP contribution is -2.23. The fraction of sp³-hybridized carbons (Fsp3) is 0.0370. The normalized spacial score (nSPS) is 11.9. The van der Waals surface area contributed by atoms with Gasteiger partial charge >= 0.3 is 0 Å². The predicted molar refractivity (Wildman–Crippen MR) is 152 cm³/mol. The second kappa shape index (κ2) is 9.70. The number of rotatable bonds is 5. The fourth-order valence-electron chi connectivity index (χ4n) is 3.94. The first kappa shape index (κ1) is 23.8. The number of ether oxygens (including phenoxy) is 1. The highest BCUT2D eigenvalue weighted by molar-refractivity contribution is 9.10. The Morgan fingerprint density at radius 2 is 1.70 bits per heavy atom. The van der Waals surface area contributed by atoms with E-state index in [4.69, 9.17) is 9.84 Å². The van der Waals surface area contributed by atoms with Crippen LogP contribution in [0.5, 0.6) is 5.75 Å². The molecule has 0 aliphatic carbocycles. The van der Waals surface area contributed by atoms with E-state index >= 15 is 0 Å². The van der Waals surface area contributed by atoms with Crippen molar-refractivity contribution >= 4 is 54.2 Å². The molecule has 6 aromatic rings. The average molecular weight is 635 g/mol. The molecule has 0 saturated heterocycles. The molecule has 0 aliphatic rings. The molecule has 0 fully saturated rings. The Morgan fingerprint density at radius 3 is 2.41 bits per heavy atom. The molecule has 0 saturated carbocycles. The van der Waals surface area contributed by atoms with Gasteiger partial charge in [0.15, 0.2) is 5.82 Å². The molecule has 0 amide bonds. The van der Waals surface area contributed by atoms with E-state index < -0.39 is 0 Å². The third-order valence-electron chi connectivity index (χ3n) is 5.76. The standard InChI is InChI=1S/C27H17Br2N5O2S/c1-36-22-12-9-17(13-21(22)29)24-18(15-33(31-24)20-5-3-2-4-6-20)14-23-26(35)34-27(37-23)30-25(32-34)16-7-10-19(28)11-8-16/h2-15H,1H3. The van der Waals surface area contributed by atoms with Crippen molar-refractivity contribution in [3.8, 4) is 34.1 Å². The van der Waals surface area contributed by atoms with Gasteiger partial charge in [-0.1, -0.05) is 57.6 Å². The minimum absolute atomic E-state index is 0.217. The number of para-hydroxylation sites is 1.